The van der Waals surface area contributed by atoms with Gasteiger partial charge >= 0.3 is 6.03 Å². The molecular formula is C23H23ClN6O4. The molecule has 0 saturated carbocycles. The van der Waals surface area contributed by atoms with Gasteiger partial charge < -0.3 is 30.6 Å². The molecule has 2 heterocycles. The molecule has 4 rings (SSSR count). The van der Waals surface area contributed by atoms with Gasteiger partial charge in [0.25, 0.3) is 5.91 Å². The van der Waals surface area contributed by atoms with E-state index in [1.165, 1.54) is 6.33 Å². The van der Waals surface area contributed by atoms with Crippen molar-refractivity contribution in [3.8, 4) is 0 Å². The number of carbonyl (C=O) groups is 3. The summed E-state index contributed by atoms with van der Waals surface area (Å²) in [5.41, 5.74) is 2.48. The van der Waals surface area contributed by atoms with E-state index in [1.807, 2.05) is 0 Å². The standard InChI is InChI=1S/C23H23ClN6O4/c24-15-1-3-17(4-2-15)28-23(33)29-20(11-18-12-25-14-26-18)22(32)27-16-5-7-19(8-6-16)30-9-10-34-13-21(30)31/h1-8,12,14,20H,9-11,13H2,(H,25,26)(H,27,32)(H2,28,29,33). The predicted molar refractivity (Wildman–Crippen MR) is 128 cm³/mol. The molecule has 1 unspecified atom stereocenters. The quantitative estimate of drug-likeness (QED) is 0.411. The van der Waals surface area contributed by atoms with E-state index < -0.39 is 18.0 Å². The Bertz CT molecular complexity index is 1140. The predicted octanol–water partition coefficient (Wildman–Crippen LogP) is 2.80. The molecule has 0 radical (unpaired) electrons. The van der Waals surface area contributed by atoms with Crippen LogP contribution in [0.2, 0.25) is 5.02 Å². The normalized spacial score (nSPS) is 14.4. The van der Waals surface area contributed by atoms with Gasteiger partial charge in [0.15, 0.2) is 0 Å². The van der Waals surface area contributed by atoms with Gasteiger partial charge in [-0.1, -0.05) is 11.6 Å². The average Bonchev–Trinajstić information content (AvgIpc) is 3.34. The van der Waals surface area contributed by atoms with Crippen molar-refractivity contribution in [1.82, 2.24) is 15.3 Å². The lowest BCUT2D eigenvalue weighted by atomic mass is 10.1. The van der Waals surface area contributed by atoms with Crippen LogP contribution in [0.5, 0.6) is 0 Å². The zero-order valence-corrected chi connectivity index (χ0v) is 18.8. The maximum Gasteiger partial charge on any atom is 0.319 e. The third-order valence-electron chi connectivity index (χ3n) is 5.14. The van der Waals surface area contributed by atoms with Crippen molar-refractivity contribution in [2.45, 2.75) is 12.5 Å². The number of carbonyl (C=O) groups excluding carboxylic acids is 3. The molecule has 1 fully saturated rings. The van der Waals surface area contributed by atoms with Crippen molar-refractivity contribution >= 4 is 46.5 Å². The molecule has 1 saturated heterocycles. The number of morpholine rings is 1. The number of halogens is 1. The maximum absolute atomic E-state index is 13.0. The fraction of sp³-hybridized carbons (Fsp3) is 0.217. The maximum atomic E-state index is 13.0. The number of hydrogen-bond acceptors (Lipinski definition) is 5. The number of aromatic nitrogens is 2. The minimum absolute atomic E-state index is 0.0531. The number of urea groups is 1. The van der Waals surface area contributed by atoms with Gasteiger partial charge in [-0.15, -0.1) is 0 Å². The van der Waals surface area contributed by atoms with Crippen LogP contribution < -0.4 is 20.9 Å². The first kappa shape index (κ1) is 23.3. The van der Waals surface area contributed by atoms with E-state index >= 15 is 0 Å². The van der Waals surface area contributed by atoms with Crippen molar-refractivity contribution in [3.05, 3.63) is 71.8 Å². The second-order valence-corrected chi connectivity index (χ2v) is 8.01. The van der Waals surface area contributed by atoms with Gasteiger partial charge in [0.1, 0.15) is 12.6 Å². The Kier molecular flexibility index (Phi) is 7.41. The van der Waals surface area contributed by atoms with Crippen molar-refractivity contribution in [3.63, 3.8) is 0 Å². The molecule has 11 heteroatoms. The Hall–Kier alpha value is -3.89. The van der Waals surface area contributed by atoms with Crippen molar-refractivity contribution < 1.29 is 19.1 Å². The molecule has 1 atom stereocenters. The van der Waals surface area contributed by atoms with Crippen LogP contribution in [0, 0.1) is 0 Å². The van der Waals surface area contributed by atoms with E-state index in [0.717, 1.165) is 5.69 Å². The summed E-state index contributed by atoms with van der Waals surface area (Å²) in [5.74, 6) is -0.519. The van der Waals surface area contributed by atoms with Crippen LogP contribution in [0.1, 0.15) is 5.69 Å². The molecular weight excluding hydrogens is 460 g/mol. The highest BCUT2D eigenvalue weighted by Crippen LogP contribution is 2.20. The first-order valence-electron chi connectivity index (χ1n) is 10.6. The molecule has 1 aliphatic rings. The number of nitrogens with zero attached hydrogens (tertiary/aromatic N) is 2. The molecule has 10 nitrogen and oxygen atoms in total. The lowest BCUT2D eigenvalue weighted by Gasteiger charge is -2.27. The van der Waals surface area contributed by atoms with Gasteiger partial charge in [-0.25, -0.2) is 9.78 Å². The molecule has 0 aliphatic carbocycles. The Labute approximate surface area is 200 Å². The summed E-state index contributed by atoms with van der Waals surface area (Å²) in [6.07, 6.45) is 3.30. The van der Waals surface area contributed by atoms with Crippen LogP contribution in [0.25, 0.3) is 0 Å². The molecule has 0 bridgehead atoms. The minimum atomic E-state index is -0.881. The van der Waals surface area contributed by atoms with Crippen LogP contribution in [0.4, 0.5) is 21.9 Å². The number of ether oxygens (including phenoxy) is 1. The summed E-state index contributed by atoms with van der Waals surface area (Å²) in [7, 11) is 0. The van der Waals surface area contributed by atoms with Crippen molar-refractivity contribution in [2.75, 3.05) is 35.3 Å². The van der Waals surface area contributed by atoms with Crippen molar-refractivity contribution in [2.24, 2.45) is 0 Å². The Morgan fingerprint density at radius 3 is 2.47 bits per heavy atom. The van der Waals surface area contributed by atoms with Gasteiger partial charge in [0.05, 0.1) is 12.9 Å². The summed E-state index contributed by atoms with van der Waals surface area (Å²) in [4.78, 5) is 46.1. The second kappa shape index (κ2) is 10.8. The molecule has 0 spiro atoms. The van der Waals surface area contributed by atoms with Gasteiger partial charge in [-0.2, -0.15) is 0 Å². The number of nitrogens with one attached hydrogen (secondary N) is 4. The topological polar surface area (TPSA) is 128 Å². The van der Waals surface area contributed by atoms with Crippen LogP contribution in [0.15, 0.2) is 61.1 Å². The number of imidazole rings is 1. The summed E-state index contributed by atoms with van der Waals surface area (Å²) >= 11 is 5.88. The van der Waals surface area contributed by atoms with Crippen LogP contribution in [-0.2, 0) is 20.7 Å². The smallest absolute Gasteiger partial charge is 0.319 e. The van der Waals surface area contributed by atoms with E-state index in [0.29, 0.717) is 35.2 Å². The number of benzene rings is 2. The summed E-state index contributed by atoms with van der Waals surface area (Å²) < 4.78 is 5.15. The zero-order chi connectivity index (χ0) is 23.9. The summed E-state index contributed by atoms with van der Waals surface area (Å²) in [6.45, 7) is 1.00. The van der Waals surface area contributed by atoms with E-state index in [9.17, 15) is 14.4 Å². The number of amides is 4. The highest BCUT2D eigenvalue weighted by molar-refractivity contribution is 6.30. The van der Waals surface area contributed by atoms with Gasteiger partial charge in [0, 0.05) is 46.9 Å². The monoisotopic (exact) mass is 482 g/mol. The van der Waals surface area contributed by atoms with Gasteiger partial charge in [0.2, 0.25) is 5.91 Å². The van der Waals surface area contributed by atoms with Gasteiger partial charge in [-0.05, 0) is 48.5 Å². The molecule has 176 valence electrons. The number of hydrogen-bond donors (Lipinski definition) is 4. The molecule has 4 N–H and O–H groups in total. The lowest BCUT2D eigenvalue weighted by molar-refractivity contribution is -0.125. The fourth-order valence-corrected chi connectivity index (χ4v) is 3.56. The number of aromatic amines is 1. The molecule has 3 aromatic rings. The number of H-pyrrole nitrogens is 1. The number of rotatable bonds is 7. The lowest BCUT2D eigenvalue weighted by Crippen LogP contribution is -2.47. The first-order valence-corrected chi connectivity index (χ1v) is 10.9. The largest absolute Gasteiger partial charge is 0.370 e. The fourth-order valence-electron chi connectivity index (χ4n) is 3.43. The average molecular weight is 483 g/mol. The number of anilines is 3. The van der Waals surface area contributed by atoms with E-state index in [4.69, 9.17) is 16.3 Å². The third kappa shape index (κ3) is 6.12. The Balaban J connectivity index is 1.42. The van der Waals surface area contributed by atoms with Gasteiger partial charge in [-0.3, -0.25) is 9.59 Å². The first-order chi connectivity index (χ1) is 16.5. The Morgan fingerprint density at radius 1 is 1.09 bits per heavy atom. The van der Waals surface area contributed by atoms with Crippen LogP contribution in [-0.4, -0.2) is 53.6 Å². The summed E-state index contributed by atoms with van der Waals surface area (Å²) in [6, 6.07) is 12.1. The highest BCUT2D eigenvalue weighted by atomic mass is 35.5. The van der Waals surface area contributed by atoms with Crippen LogP contribution >= 0.6 is 11.6 Å². The molecule has 1 aliphatic heterocycles. The van der Waals surface area contributed by atoms with E-state index in [-0.39, 0.29) is 18.9 Å². The van der Waals surface area contributed by atoms with Crippen molar-refractivity contribution in [1.29, 1.82) is 0 Å². The molecule has 1 aromatic heterocycles. The van der Waals surface area contributed by atoms with E-state index in [2.05, 4.69) is 25.9 Å². The second-order valence-electron chi connectivity index (χ2n) is 7.57. The third-order valence-corrected chi connectivity index (χ3v) is 5.39. The molecule has 4 amide bonds. The molecule has 34 heavy (non-hydrogen) atoms. The zero-order valence-electron chi connectivity index (χ0n) is 18.1. The highest BCUT2D eigenvalue weighted by Gasteiger charge is 2.23. The molecule has 2 aromatic carbocycles. The Morgan fingerprint density at radius 2 is 1.79 bits per heavy atom. The minimum Gasteiger partial charge on any atom is -0.370 e. The summed E-state index contributed by atoms with van der Waals surface area (Å²) in [5, 5.41) is 8.74. The SMILES string of the molecule is O=C(Nc1ccc(Cl)cc1)NC(Cc1cnc[nH]1)C(=O)Nc1ccc(N2CCOCC2=O)cc1. The van der Waals surface area contributed by atoms with Crippen LogP contribution in [0.3, 0.4) is 0 Å². The van der Waals surface area contributed by atoms with E-state index in [1.54, 1.807) is 59.6 Å².